The summed E-state index contributed by atoms with van der Waals surface area (Å²) in [4.78, 5) is 4.06. The summed E-state index contributed by atoms with van der Waals surface area (Å²) in [6.45, 7) is 2.73. The van der Waals surface area contributed by atoms with Crippen molar-refractivity contribution >= 4 is 0 Å². The number of nitrogens with zero attached hydrogens (tertiary/aromatic N) is 3. The van der Waals surface area contributed by atoms with Gasteiger partial charge in [0.1, 0.15) is 0 Å². The molecular weight excluding hydrogens is 300 g/mol. The molecule has 24 heavy (non-hydrogen) atoms. The lowest BCUT2D eigenvalue weighted by atomic mass is 10.0. The van der Waals surface area contributed by atoms with Crippen LogP contribution in [0.5, 0.6) is 0 Å². The highest BCUT2D eigenvalue weighted by atomic mass is 16.4. The molecule has 1 fully saturated rings. The van der Waals surface area contributed by atoms with Crippen LogP contribution < -0.4 is 5.32 Å². The molecule has 1 aromatic carbocycles. The van der Waals surface area contributed by atoms with E-state index >= 15 is 0 Å². The largest absolute Gasteiger partial charge is 0.424 e. The molecular formula is C19H20N4O. The number of hydrogen-bond donors (Lipinski definition) is 1. The molecule has 122 valence electrons. The van der Waals surface area contributed by atoms with Gasteiger partial charge in [0.25, 0.3) is 0 Å². The molecule has 1 saturated carbocycles. The zero-order valence-corrected chi connectivity index (χ0v) is 13.6. The molecule has 0 spiro atoms. The number of benzene rings is 1. The van der Waals surface area contributed by atoms with Gasteiger partial charge in [0, 0.05) is 24.4 Å². The second-order valence-electron chi connectivity index (χ2n) is 6.27. The Morgan fingerprint density at radius 3 is 2.46 bits per heavy atom. The molecule has 1 atom stereocenters. The summed E-state index contributed by atoms with van der Waals surface area (Å²) in [5, 5.41) is 11.7. The van der Waals surface area contributed by atoms with Gasteiger partial charge in [-0.3, -0.25) is 4.98 Å². The molecule has 0 amide bonds. The Morgan fingerprint density at radius 2 is 1.75 bits per heavy atom. The number of hydrogen-bond acceptors (Lipinski definition) is 5. The van der Waals surface area contributed by atoms with Crippen LogP contribution in [-0.2, 0) is 6.54 Å². The summed E-state index contributed by atoms with van der Waals surface area (Å²) in [5.74, 6) is 1.96. The third-order valence-corrected chi connectivity index (χ3v) is 4.39. The third-order valence-electron chi connectivity index (χ3n) is 4.39. The van der Waals surface area contributed by atoms with Crippen LogP contribution >= 0.6 is 0 Å². The lowest BCUT2D eigenvalue weighted by molar-refractivity contribution is 0.419. The number of rotatable bonds is 6. The van der Waals surface area contributed by atoms with Gasteiger partial charge in [0.05, 0.1) is 6.54 Å². The average Bonchev–Trinajstić information content (AvgIpc) is 3.39. The van der Waals surface area contributed by atoms with Crippen molar-refractivity contribution in [1.82, 2.24) is 20.5 Å². The van der Waals surface area contributed by atoms with Crippen molar-refractivity contribution in [3.05, 3.63) is 66.1 Å². The van der Waals surface area contributed by atoms with E-state index in [4.69, 9.17) is 4.42 Å². The fourth-order valence-corrected chi connectivity index (χ4v) is 2.70. The molecule has 2 heterocycles. The van der Waals surface area contributed by atoms with Gasteiger partial charge in [-0.05, 0) is 48.6 Å². The second-order valence-corrected chi connectivity index (χ2v) is 6.27. The zero-order chi connectivity index (χ0) is 16.4. The Balaban J connectivity index is 1.37. The van der Waals surface area contributed by atoms with Crippen LogP contribution in [0.25, 0.3) is 11.1 Å². The maximum atomic E-state index is 5.68. The first-order valence-electron chi connectivity index (χ1n) is 8.35. The summed E-state index contributed by atoms with van der Waals surface area (Å²) in [6.07, 6.45) is 5.98. The van der Waals surface area contributed by atoms with Crippen molar-refractivity contribution in [2.45, 2.75) is 38.3 Å². The fraction of sp³-hybridized carbons (Fsp3) is 0.316. The van der Waals surface area contributed by atoms with Crippen molar-refractivity contribution < 1.29 is 4.42 Å². The lowest BCUT2D eigenvalue weighted by Gasteiger charge is -2.13. The average molecular weight is 320 g/mol. The summed E-state index contributed by atoms with van der Waals surface area (Å²) >= 11 is 0. The molecule has 4 rings (SSSR count). The van der Waals surface area contributed by atoms with E-state index in [1.165, 1.54) is 29.5 Å². The first-order valence-corrected chi connectivity index (χ1v) is 8.35. The number of pyridine rings is 1. The highest BCUT2D eigenvalue weighted by Crippen LogP contribution is 2.39. The van der Waals surface area contributed by atoms with Gasteiger partial charge < -0.3 is 9.73 Å². The SMILES string of the molecule is CC(NCc1nnc(C2CC2)o1)c1ccc(-c2ccncc2)cc1. The molecule has 0 saturated heterocycles. The first-order chi connectivity index (χ1) is 11.8. The molecule has 1 aliphatic carbocycles. The van der Waals surface area contributed by atoms with Gasteiger partial charge in [0.2, 0.25) is 11.8 Å². The van der Waals surface area contributed by atoms with Gasteiger partial charge in [-0.15, -0.1) is 10.2 Å². The quantitative estimate of drug-likeness (QED) is 0.747. The lowest BCUT2D eigenvalue weighted by Crippen LogP contribution is -2.18. The van der Waals surface area contributed by atoms with Gasteiger partial charge >= 0.3 is 0 Å². The molecule has 3 aromatic rings. The van der Waals surface area contributed by atoms with Gasteiger partial charge in [-0.25, -0.2) is 0 Å². The van der Waals surface area contributed by atoms with Crippen LogP contribution in [0, 0.1) is 0 Å². The maximum absolute atomic E-state index is 5.68. The Morgan fingerprint density at radius 1 is 1.04 bits per heavy atom. The minimum Gasteiger partial charge on any atom is -0.424 e. The topological polar surface area (TPSA) is 63.8 Å². The molecule has 5 nitrogen and oxygen atoms in total. The summed E-state index contributed by atoms with van der Waals surface area (Å²) in [6, 6.07) is 12.8. The van der Waals surface area contributed by atoms with Crippen molar-refractivity contribution in [3.63, 3.8) is 0 Å². The van der Waals surface area contributed by atoms with E-state index in [1.807, 2.05) is 24.5 Å². The smallest absolute Gasteiger partial charge is 0.230 e. The van der Waals surface area contributed by atoms with Crippen LogP contribution in [0.15, 0.2) is 53.2 Å². The summed E-state index contributed by atoms with van der Waals surface area (Å²) in [7, 11) is 0. The van der Waals surface area contributed by atoms with E-state index in [0.29, 0.717) is 18.4 Å². The number of aromatic nitrogens is 3. The van der Waals surface area contributed by atoms with Crippen LogP contribution in [0.3, 0.4) is 0 Å². The Bertz CT molecular complexity index is 794. The predicted molar refractivity (Wildman–Crippen MR) is 91.2 cm³/mol. The molecule has 0 radical (unpaired) electrons. The van der Waals surface area contributed by atoms with E-state index < -0.39 is 0 Å². The van der Waals surface area contributed by atoms with Crippen molar-refractivity contribution in [1.29, 1.82) is 0 Å². The van der Waals surface area contributed by atoms with Gasteiger partial charge in [-0.2, -0.15) is 0 Å². The van der Waals surface area contributed by atoms with E-state index in [2.05, 4.69) is 51.7 Å². The second kappa shape index (κ2) is 6.53. The monoisotopic (exact) mass is 320 g/mol. The first kappa shape index (κ1) is 15.0. The van der Waals surface area contributed by atoms with Crippen molar-refractivity contribution in [2.24, 2.45) is 0 Å². The Kier molecular flexibility index (Phi) is 4.09. The highest BCUT2D eigenvalue weighted by Gasteiger charge is 2.29. The minimum absolute atomic E-state index is 0.216. The molecule has 1 N–H and O–H groups in total. The highest BCUT2D eigenvalue weighted by molar-refractivity contribution is 5.62. The van der Waals surface area contributed by atoms with E-state index in [-0.39, 0.29) is 6.04 Å². The third kappa shape index (κ3) is 3.36. The van der Waals surface area contributed by atoms with Crippen LogP contribution in [0.2, 0.25) is 0 Å². The number of nitrogens with one attached hydrogen (secondary N) is 1. The van der Waals surface area contributed by atoms with Gasteiger partial charge in [-0.1, -0.05) is 24.3 Å². The Hall–Kier alpha value is -2.53. The van der Waals surface area contributed by atoms with E-state index in [9.17, 15) is 0 Å². The van der Waals surface area contributed by atoms with E-state index in [1.54, 1.807) is 0 Å². The minimum atomic E-state index is 0.216. The normalized spacial score (nSPS) is 15.4. The van der Waals surface area contributed by atoms with Crippen molar-refractivity contribution in [3.8, 4) is 11.1 Å². The standard InChI is InChI=1S/C19H20N4O/c1-13(21-12-18-22-23-19(24-18)17-6-7-17)14-2-4-15(5-3-14)16-8-10-20-11-9-16/h2-5,8-11,13,17,21H,6-7,12H2,1H3. The van der Waals surface area contributed by atoms with Crippen LogP contribution in [0.4, 0.5) is 0 Å². The molecule has 2 aromatic heterocycles. The van der Waals surface area contributed by atoms with E-state index in [0.717, 1.165) is 5.89 Å². The maximum Gasteiger partial charge on any atom is 0.230 e. The molecule has 0 bridgehead atoms. The summed E-state index contributed by atoms with van der Waals surface area (Å²) in [5.41, 5.74) is 3.60. The molecule has 5 heteroatoms. The van der Waals surface area contributed by atoms with Gasteiger partial charge in [0.15, 0.2) is 0 Å². The Labute approximate surface area is 141 Å². The fourth-order valence-electron chi connectivity index (χ4n) is 2.70. The molecule has 1 aliphatic rings. The van der Waals surface area contributed by atoms with Crippen molar-refractivity contribution in [2.75, 3.05) is 0 Å². The predicted octanol–water partition coefficient (Wildman–Crippen LogP) is 3.86. The molecule has 1 unspecified atom stereocenters. The summed E-state index contributed by atoms with van der Waals surface area (Å²) < 4.78 is 5.68. The van der Waals surface area contributed by atoms with Crippen LogP contribution in [-0.4, -0.2) is 15.2 Å². The van der Waals surface area contributed by atoms with Crippen LogP contribution in [0.1, 0.15) is 49.1 Å². The molecule has 0 aliphatic heterocycles. The zero-order valence-electron chi connectivity index (χ0n) is 13.6.